The third-order valence-electron chi connectivity index (χ3n) is 7.09. The smallest absolute Gasteiger partial charge is 0.307 e. The number of sulfonamides is 2. The zero-order valence-corrected chi connectivity index (χ0v) is 21.3. The number of benzene rings is 2. The second-order valence-electron chi connectivity index (χ2n) is 9.44. The molecule has 2 aromatic rings. The highest BCUT2D eigenvalue weighted by Crippen LogP contribution is 2.38. The molecular weight excluding hydrogens is 505 g/mol. The molecule has 0 saturated carbocycles. The quantitative estimate of drug-likeness (QED) is 0.589. The van der Waals surface area contributed by atoms with Gasteiger partial charge in [-0.25, -0.2) is 30.7 Å². The van der Waals surface area contributed by atoms with Crippen LogP contribution in [0, 0.1) is 5.82 Å². The maximum Gasteiger partial charge on any atom is 0.333 e. The fourth-order valence-electron chi connectivity index (χ4n) is 5.46. The van der Waals surface area contributed by atoms with Crippen LogP contribution in [-0.2, 0) is 45.7 Å². The number of urea groups is 1. The van der Waals surface area contributed by atoms with Crippen LogP contribution in [0.1, 0.15) is 47.9 Å². The standard InChI is InChI=1S/C25H28FN3O5S2/c26-19-9-11-21(12-10-19)36(33,34)29-14-3-6-20(29)13-15-35(31,32)28-25(30)27-24-22-7-1-4-17(22)16-18-5-2-8-23(18)24/h9-13,15-16,20H,1-8,14H2,(H2,27,28,30)/b15-13+/t20-/m0/s1. The van der Waals surface area contributed by atoms with E-state index < -0.39 is 37.9 Å². The van der Waals surface area contributed by atoms with Crippen LogP contribution in [0.15, 0.2) is 46.7 Å². The number of rotatable bonds is 6. The van der Waals surface area contributed by atoms with Crippen molar-refractivity contribution < 1.29 is 26.0 Å². The molecule has 3 aliphatic rings. The average Bonchev–Trinajstić information content (AvgIpc) is 3.58. The van der Waals surface area contributed by atoms with Gasteiger partial charge in [0.25, 0.3) is 10.0 Å². The molecule has 5 rings (SSSR count). The van der Waals surface area contributed by atoms with Crippen molar-refractivity contribution in [3.05, 3.63) is 69.9 Å². The van der Waals surface area contributed by atoms with Crippen molar-refractivity contribution in [1.29, 1.82) is 0 Å². The molecule has 0 aromatic heterocycles. The normalized spacial score (nSPS) is 20.0. The van der Waals surface area contributed by atoms with Crippen molar-refractivity contribution in [1.82, 2.24) is 9.03 Å². The van der Waals surface area contributed by atoms with Gasteiger partial charge in [-0.05, 0) is 97.9 Å². The highest BCUT2D eigenvalue weighted by atomic mass is 32.2. The SMILES string of the molecule is O=C(Nc1c2c(cc3c1CCC3)CCC2)NS(=O)(=O)/C=C/[C@@H]1CCCN1S(=O)(=O)c1ccc(F)cc1. The number of nitrogens with zero attached hydrogens (tertiary/aromatic N) is 1. The molecule has 0 spiro atoms. The van der Waals surface area contributed by atoms with Crippen LogP contribution in [0.5, 0.6) is 0 Å². The summed E-state index contributed by atoms with van der Waals surface area (Å²) in [5, 5.41) is 3.63. The van der Waals surface area contributed by atoms with Gasteiger partial charge in [0.05, 0.1) is 4.90 Å². The van der Waals surface area contributed by atoms with E-state index in [1.807, 2.05) is 4.72 Å². The first-order valence-electron chi connectivity index (χ1n) is 12.1. The summed E-state index contributed by atoms with van der Waals surface area (Å²) in [4.78, 5) is 12.6. The highest BCUT2D eigenvalue weighted by molar-refractivity contribution is 7.93. The van der Waals surface area contributed by atoms with Gasteiger partial charge in [0.15, 0.2) is 0 Å². The van der Waals surface area contributed by atoms with Crippen molar-refractivity contribution in [2.24, 2.45) is 0 Å². The number of fused-ring (bicyclic) bond motifs is 2. The van der Waals surface area contributed by atoms with Crippen LogP contribution in [0.25, 0.3) is 0 Å². The Labute approximate surface area is 210 Å². The predicted molar refractivity (Wildman–Crippen MR) is 134 cm³/mol. The number of hydrogen-bond acceptors (Lipinski definition) is 5. The number of carbonyl (C=O) groups excluding carboxylic acids is 1. The number of amides is 2. The van der Waals surface area contributed by atoms with Gasteiger partial charge in [0.1, 0.15) is 5.82 Å². The summed E-state index contributed by atoms with van der Waals surface area (Å²) in [6, 6.07) is 5.20. The molecule has 1 aliphatic heterocycles. The van der Waals surface area contributed by atoms with Crippen LogP contribution in [0.4, 0.5) is 14.9 Å². The first-order chi connectivity index (χ1) is 17.1. The molecule has 2 aliphatic carbocycles. The fourth-order valence-corrected chi connectivity index (χ4v) is 7.88. The first kappa shape index (κ1) is 24.9. The largest absolute Gasteiger partial charge is 0.333 e. The number of nitrogens with one attached hydrogen (secondary N) is 2. The van der Waals surface area contributed by atoms with E-state index in [4.69, 9.17) is 0 Å². The second kappa shape index (κ2) is 9.60. The lowest BCUT2D eigenvalue weighted by atomic mass is 9.99. The molecule has 1 saturated heterocycles. The van der Waals surface area contributed by atoms with Gasteiger partial charge in [-0.1, -0.05) is 12.1 Å². The molecule has 8 nitrogen and oxygen atoms in total. The molecular formula is C25H28FN3O5S2. The van der Waals surface area contributed by atoms with Gasteiger partial charge < -0.3 is 5.32 Å². The van der Waals surface area contributed by atoms with E-state index in [0.29, 0.717) is 12.8 Å². The van der Waals surface area contributed by atoms with E-state index in [1.54, 1.807) is 0 Å². The van der Waals surface area contributed by atoms with Crippen molar-refractivity contribution >= 4 is 31.8 Å². The summed E-state index contributed by atoms with van der Waals surface area (Å²) in [5.41, 5.74) is 5.36. The lowest BCUT2D eigenvalue weighted by Crippen LogP contribution is -2.36. The number of anilines is 1. The Morgan fingerprint density at radius 3 is 2.22 bits per heavy atom. The van der Waals surface area contributed by atoms with E-state index in [9.17, 15) is 26.0 Å². The molecule has 36 heavy (non-hydrogen) atoms. The average molecular weight is 534 g/mol. The summed E-state index contributed by atoms with van der Waals surface area (Å²) in [7, 11) is -8.10. The van der Waals surface area contributed by atoms with E-state index in [0.717, 1.165) is 72.9 Å². The summed E-state index contributed by atoms with van der Waals surface area (Å²) in [5.74, 6) is -0.548. The molecule has 1 heterocycles. The zero-order valence-electron chi connectivity index (χ0n) is 19.7. The van der Waals surface area contributed by atoms with Gasteiger partial charge in [0.2, 0.25) is 10.0 Å². The number of carbonyl (C=O) groups is 1. The Morgan fingerprint density at radius 2 is 1.58 bits per heavy atom. The van der Waals surface area contributed by atoms with Gasteiger partial charge in [-0.2, -0.15) is 4.31 Å². The molecule has 2 N–H and O–H groups in total. The topological polar surface area (TPSA) is 113 Å². The molecule has 0 bridgehead atoms. The lowest BCUT2D eigenvalue weighted by molar-refractivity contribution is 0.256. The van der Waals surface area contributed by atoms with Crippen LogP contribution in [0.2, 0.25) is 0 Å². The van der Waals surface area contributed by atoms with Gasteiger partial charge in [0, 0.05) is 23.7 Å². The Hall–Kier alpha value is -2.76. The van der Waals surface area contributed by atoms with Crippen LogP contribution >= 0.6 is 0 Å². The second-order valence-corrected chi connectivity index (χ2v) is 12.9. The van der Waals surface area contributed by atoms with Crippen LogP contribution < -0.4 is 10.0 Å². The molecule has 1 fully saturated rings. The molecule has 2 aromatic carbocycles. The summed E-state index contributed by atoms with van der Waals surface area (Å²) in [6.45, 7) is 0.215. The molecule has 11 heteroatoms. The maximum absolute atomic E-state index is 13.2. The van der Waals surface area contributed by atoms with Crippen molar-refractivity contribution in [3.63, 3.8) is 0 Å². The molecule has 0 unspecified atom stereocenters. The molecule has 1 atom stereocenters. The van der Waals surface area contributed by atoms with Crippen LogP contribution in [-0.4, -0.2) is 39.8 Å². The minimum absolute atomic E-state index is 0.0625. The summed E-state index contributed by atoms with van der Waals surface area (Å²) in [6.07, 6.45) is 7.89. The first-order valence-corrected chi connectivity index (χ1v) is 15.1. The Morgan fingerprint density at radius 1 is 0.944 bits per heavy atom. The Balaban J connectivity index is 1.29. The third-order valence-corrected chi connectivity index (χ3v) is 10.0. The van der Waals surface area contributed by atoms with Crippen molar-refractivity contribution in [3.8, 4) is 0 Å². The molecule has 2 amide bonds. The third kappa shape index (κ3) is 4.91. The van der Waals surface area contributed by atoms with Gasteiger partial charge in [-0.15, -0.1) is 0 Å². The van der Waals surface area contributed by atoms with Crippen molar-refractivity contribution in [2.45, 2.75) is 62.3 Å². The molecule has 0 radical (unpaired) electrons. The Bertz CT molecular complexity index is 1400. The molecule has 192 valence electrons. The number of hydrogen-bond donors (Lipinski definition) is 2. The number of halogens is 1. The minimum atomic E-state index is -4.17. The maximum atomic E-state index is 13.2. The predicted octanol–water partition coefficient (Wildman–Crippen LogP) is 3.62. The van der Waals surface area contributed by atoms with Crippen LogP contribution in [0.3, 0.4) is 0 Å². The van der Waals surface area contributed by atoms with Gasteiger partial charge in [-0.3, -0.25) is 0 Å². The van der Waals surface area contributed by atoms with E-state index in [1.165, 1.54) is 33.6 Å². The van der Waals surface area contributed by atoms with Crippen molar-refractivity contribution in [2.75, 3.05) is 11.9 Å². The summed E-state index contributed by atoms with van der Waals surface area (Å²) < 4.78 is 67.7. The van der Waals surface area contributed by atoms with Gasteiger partial charge >= 0.3 is 6.03 Å². The fraction of sp³-hybridized carbons (Fsp3) is 0.400. The van der Waals surface area contributed by atoms with E-state index in [-0.39, 0.29) is 11.4 Å². The zero-order chi connectivity index (χ0) is 25.5. The highest BCUT2D eigenvalue weighted by Gasteiger charge is 2.34. The lowest BCUT2D eigenvalue weighted by Gasteiger charge is -2.21. The Kier molecular flexibility index (Phi) is 6.65. The summed E-state index contributed by atoms with van der Waals surface area (Å²) >= 11 is 0. The van der Waals surface area contributed by atoms with E-state index in [2.05, 4.69) is 11.4 Å². The minimum Gasteiger partial charge on any atom is -0.307 e. The monoisotopic (exact) mass is 533 g/mol. The number of aryl methyl sites for hydroxylation is 2. The van der Waals surface area contributed by atoms with E-state index >= 15 is 0 Å².